The van der Waals surface area contributed by atoms with Gasteiger partial charge in [-0.1, -0.05) is 31.8 Å². The van der Waals surface area contributed by atoms with E-state index in [4.69, 9.17) is 16.0 Å². The molecule has 0 aliphatic heterocycles. The van der Waals surface area contributed by atoms with Gasteiger partial charge in [-0.25, -0.2) is 0 Å². The van der Waals surface area contributed by atoms with Crippen LogP contribution in [0.4, 0.5) is 6.01 Å². The maximum Gasteiger partial charge on any atom is 0.315 e. The van der Waals surface area contributed by atoms with Crippen LogP contribution in [-0.4, -0.2) is 22.1 Å². The van der Waals surface area contributed by atoms with Crippen molar-refractivity contribution in [2.75, 3.05) is 11.2 Å². The summed E-state index contributed by atoms with van der Waals surface area (Å²) in [6.07, 6.45) is 5.73. The highest BCUT2D eigenvalue weighted by Crippen LogP contribution is 2.32. The fourth-order valence-corrected chi connectivity index (χ4v) is 2.95. The van der Waals surface area contributed by atoms with Crippen molar-refractivity contribution in [3.05, 3.63) is 5.89 Å². The van der Waals surface area contributed by atoms with Crippen molar-refractivity contribution < 1.29 is 4.42 Å². The normalized spacial score (nSPS) is 24.4. The van der Waals surface area contributed by atoms with Crippen LogP contribution < -0.4 is 5.32 Å². The summed E-state index contributed by atoms with van der Waals surface area (Å²) < 4.78 is 5.54. The fraction of sp³-hybridized carbons (Fsp3) is 0.846. The van der Waals surface area contributed by atoms with Gasteiger partial charge in [-0.05, 0) is 24.7 Å². The van der Waals surface area contributed by atoms with E-state index in [1.54, 1.807) is 0 Å². The Morgan fingerprint density at radius 2 is 2.11 bits per heavy atom. The molecule has 2 unspecified atom stereocenters. The van der Waals surface area contributed by atoms with E-state index in [2.05, 4.69) is 29.4 Å². The summed E-state index contributed by atoms with van der Waals surface area (Å²) in [5.41, 5.74) is 0. The smallest absolute Gasteiger partial charge is 0.315 e. The Bertz CT molecular complexity index is 367. The number of alkyl halides is 1. The highest BCUT2D eigenvalue weighted by molar-refractivity contribution is 6.17. The monoisotopic (exact) mass is 271 g/mol. The van der Waals surface area contributed by atoms with E-state index in [1.807, 2.05) is 0 Å². The molecule has 5 heteroatoms. The zero-order chi connectivity index (χ0) is 13.0. The molecule has 1 heterocycles. The van der Waals surface area contributed by atoms with Gasteiger partial charge in [-0.3, -0.25) is 0 Å². The van der Waals surface area contributed by atoms with E-state index < -0.39 is 0 Å². The Kier molecular flexibility index (Phi) is 4.87. The first kappa shape index (κ1) is 13.7. The van der Waals surface area contributed by atoms with Crippen LogP contribution in [0.5, 0.6) is 0 Å². The topological polar surface area (TPSA) is 51.0 Å². The van der Waals surface area contributed by atoms with Crippen molar-refractivity contribution >= 4 is 17.6 Å². The summed E-state index contributed by atoms with van der Waals surface area (Å²) in [6, 6.07) is 1.01. The molecule has 18 heavy (non-hydrogen) atoms. The number of halogens is 1. The summed E-state index contributed by atoms with van der Waals surface area (Å²) in [6.45, 7) is 4.58. The van der Waals surface area contributed by atoms with E-state index in [-0.39, 0.29) is 0 Å². The maximum absolute atomic E-state index is 5.65. The van der Waals surface area contributed by atoms with Gasteiger partial charge in [0.25, 0.3) is 0 Å². The van der Waals surface area contributed by atoms with Gasteiger partial charge in [-0.15, -0.1) is 16.7 Å². The van der Waals surface area contributed by atoms with Crippen molar-refractivity contribution in [2.45, 2.75) is 52.0 Å². The number of hydrogen-bond acceptors (Lipinski definition) is 4. The van der Waals surface area contributed by atoms with Gasteiger partial charge in [-0.2, -0.15) is 0 Å². The van der Waals surface area contributed by atoms with Crippen LogP contribution >= 0.6 is 11.6 Å². The van der Waals surface area contributed by atoms with Gasteiger partial charge in [0.2, 0.25) is 5.89 Å². The first-order chi connectivity index (χ1) is 8.70. The predicted octanol–water partition coefficient (Wildman–Crippen LogP) is 3.48. The minimum atomic E-state index is 0.461. The average Bonchev–Trinajstić information content (AvgIpc) is 2.77. The van der Waals surface area contributed by atoms with Crippen LogP contribution in [-0.2, 0) is 6.42 Å². The van der Waals surface area contributed by atoms with Crippen molar-refractivity contribution in [3.63, 3.8) is 0 Å². The number of anilines is 1. The lowest BCUT2D eigenvalue weighted by Crippen LogP contribution is -2.35. The van der Waals surface area contributed by atoms with Crippen LogP contribution in [0.25, 0.3) is 0 Å². The summed E-state index contributed by atoms with van der Waals surface area (Å²) >= 11 is 5.65. The molecular formula is C13H22ClN3O. The van der Waals surface area contributed by atoms with Crippen LogP contribution in [0, 0.1) is 11.8 Å². The summed E-state index contributed by atoms with van der Waals surface area (Å²) in [4.78, 5) is 0. The number of nitrogens with one attached hydrogen (secondary N) is 1. The highest BCUT2D eigenvalue weighted by Gasteiger charge is 2.28. The van der Waals surface area contributed by atoms with E-state index in [0.717, 1.165) is 0 Å². The molecule has 1 N–H and O–H groups in total. The molecule has 0 amide bonds. The lowest BCUT2D eigenvalue weighted by Gasteiger charge is -2.34. The van der Waals surface area contributed by atoms with E-state index >= 15 is 0 Å². The fourth-order valence-electron chi connectivity index (χ4n) is 2.79. The van der Waals surface area contributed by atoms with Crippen LogP contribution in [0.15, 0.2) is 4.42 Å². The summed E-state index contributed by atoms with van der Waals surface area (Å²) in [5.74, 6) is 2.51. The second-order valence-electron chi connectivity index (χ2n) is 5.38. The number of rotatable bonds is 5. The molecule has 1 aromatic heterocycles. The Morgan fingerprint density at radius 1 is 1.33 bits per heavy atom. The molecule has 1 aliphatic rings. The molecule has 4 nitrogen and oxygen atoms in total. The minimum absolute atomic E-state index is 0.461. The molecule has 1 fully saturated rings. The molecule has 2 rings (SSSR count). The molecule has 102 valence electrons. The molecule has 0 saturated heterocycles. The average molecular weight is 272 g/mol. The molecule has 0 aromatic carbocycles. The molecule has 1 saturated carbocycles. The van der Waals surface area contributed by atoms with Gasteiger partial charge >= 0.3 is 6.01 Å². The largest absolute Gasteiger partial charge is 0.408 e. The zero-order valence-corrected chi connectivity index (χ0v) is 11.9. The highest BCUT2D eigenvalue weighted by atomic mass is 35.5. The third-order valence-corrected chi connectivity index (χ3v) is 3.95. The second kappa shape index (κ2) is 6.41. The van der Waals surface area contributed by atoms with Gasteiger partial charge < -0.3 is 9.73 Å². The van der Waals surface area contributed by atoms with Crippen LogP contribution in [0.1, 0.15) is 45.4 Å². The van der Waals surface area contributed by atoms with Gasteiger partial charge in [0.05, 0.1) is 0 Å². The number of nitrogens with zero attached hydrogens (tertiary/aromatic N) is 2. The van der Waals surface area contributed by atoms with Crippen molar-refractivity contribution in [3.8, 4) is 0 Å². The Morgan fingerprint density at radius 3 is 2.83 bits per heavy atom. The molecule has 0 spiro atoms. The molecule has 0 bridgehead atoms. The van der Waals surface area contributed by atoms with Crippen molar-refractivity contribution in [1.29, 1.82) is 0 Å². The predicted molar refractivity (Wildman–Crippen MR) is 72.9 cm³/mol. The van der Waals surface area contributed by atoms with E-state index in [1.165, 1.54) is 25.7 Å². The quantitative estimate of drug-likeness (QED) is 0.833. The van der Waals surface area contributed by atoms with Crippen molar-refractivity contribution in [1.82, 2.24) is 10.2 Å². The van der Waals surface area contributed by atoms with Gasteiger partial charge in [0.1, 0.15) is 0 Å². The lowest BCUT2D eigenvalue weighted by molar-refractivity contribution is 0.250. The first-order valence-electron chi connectivity index (χ1n) is 6.85. The molecular weight excluding hydrogens is 250 g/mol. The van der Waals surface area contributed by atoms with E-state index in [0.29, 0.717) is 42.1 Å². The first-order valence-corrected chi connectivity index (χ1v) is 7.39. The van der Waals surface area contributed by atoms with Crippen LogP contribution in [0.2, 0.25) is 0 Å². The Balaban J connectivity index is 1.97. The number of aromatic nitrogens is 2. The summed E-state index contributed by atoms with van der Waals surface area (Å²) in [5, 5.41) is 11.4. The van der Waals surface area contributed by atoms with E-state index in [9.17, 15) is 0 Å². The van der Waals surface area contributed by atoms with Crippen LogP contribution in [0.3, 0.4) is 0 Å². The second-order valence-corrected chi connectivity index (χ2v) is 5.76. The number of aryl methyl sites for hydroxylation is 1. The SMILES string of the molecule is CC(C)C1CCCCC1Nc1nnc(CCCl)o1. The van der Waals surface area contributed by atoms with Gasteiger partial charge in [0, 0.05) is 18.3 Å². The standard InChI is InChI=1S/C13H22ClN3O/c1-9(2)10-5-3-4-6-11(10)15-13-17-16-12(18-13)7-8-14/h9-11H,3-8H2,1-2H3,(H,15,17). The zero-order valence-electron chi connectivity index (χ0n) is 11.2. The van der Waals surface area contributed by atoms with Crippen molar-refractivity contribution in [2.24, 2.45) is 11.8 Å². The Labute approximate surface area is 113 Å². The Hall–Kier alpha value is -0.770. The lowest BCUT2D eigenvalue weighted by atomic mass is 9.78. The molecule has 1 aliphatic carbocycles. The van der Waals surface area contributed by atoms with Gasteiger partial charge in [0.15, 0.2) is 0 Å². The molecule has 1 aromatic rings. The number of hydrogen-bond donors (Lipinski definition) is 1. The summed E-state index contributed by atoms with van der Waals surface area (Å²) in [7, 11) is 0. The minimum Gasteiger partial charge on any atom is -0.408 e. The molecule has 2 atom stereocenters. The third-order valence-electron chi connectivity index (χ3n) is 3.76. The maximum atomic E-state index is 5.65. The third kappa shape index (κ3) is 3.37. The molecule has 0 radical (unpaired) electrons.